The number of aromatic nitrogens is 3. The first-order valence-corrected chi connectivity index (χ1v) is 15.7. The monoisotopic (exact) mass is 603 g/mol. The van der Waals surface area contributed by atoms with Gasteiger partial charge in [-0.3, -0.25) is 0 Å². The molecule has 0 N–H and O–H groups in total. The molecule has 3 heterocycles. The second kappa shape index (κ2) is 10.2. The van der Waals surface area contributed by atoms with Crippen LogP contribution < -0.4 is 0 Å². The molecule has 0 aliphatic heterocycles. The van der Waals surface area contributed by atoms with Gasteiger partial charge in [-0.05, 0) is 41.4 Å². The van der Waals surface area contributed by atoms with Gasteiger partial charge in [-0.2, -0.15) is 0 Å². The Labute approximate surface area is 270 Å². The molecule has 0 atom stereocenters. The van der Waals surface area contributed by atoms with Gasteiger partial charge >= 0.3 is 0 Å². The topological polar surface area (TPSA) is 38.7 Å². The van der Waals surface area contributed by atoms with Crippen molar-refractivity contribution in [2.45, 2.75) is 0 Å². The van der Waals surface area contributed by atoms with Gasteiger partial charge in [-0.15, -0.1) is 22.7 Å². The third-order valence-corrected chi connectivity index (χ3v) is 9.75. The maximum atomic E-state index is 9.42. The average Bonchev–Trinajstić information content (AvgIpc) is 3.74. The van der Waals surface area contributed by atoms with Crippen molar-refractivity contribution in [1.29, 1.82) is 0 Å². The zero-order valence-corrected chi connectivity index (χ0v) is 24.6. The highest BCUT2D eigenvalue weighted by molar-refractivity contribution is 7.26. The first-order valence-electron chi connectivity index (χ1n) is 17.0. The van der Waals surface area contributed by atoms with E-state index in [4.69, 9.17) is 17.7 Å². The van der Waals surface area contributed by atoms with E-state index >= 15 is 0 Å². The van der Waals surface area contributed by atoms with Crippen molar-refractivity contribution >= 4 is 63.0 Å². The van der Waals surface area contributed by atoms with E-state index in [2.05, 4.69) is 24.3 Å². The van der Waals surface area contributed by atoms with Crippen LogP contribution >= 0.6 is 22.7 Å². The van der Waals surface area contributed by atoms with Crippen LogP contribution in [0.25, 0.3) is 85.6 Å². The SMILES string of the molecule is [2H]c1c(-c2ccccc2)c([2H])c2c(sc3c([2H])c(-c4nc(-c5ccccc5)nc(-c5ccc6c(c5)sc5ccccc56)n4)c([2H])c([2H])c32)c1[2H]. The highest BCUT2D eigenvalue weighted by atomic mass is 32.1. The summed E-state index contributed by atoms with van der Waals surface area (Å²) in [5, 5.41) is 2.88. The number of hydrogen-bond donors (Lipinski definition) is 0. The molecule has 0 aliphatic carbocycles. The molecule has 9 aromatic rings. The molecule has 6 aromatic carbocycles. The minimum atomic E-state index is -0.250. The fourth-order valence-corrected chi connectivity index (χ4v) is 7.57. The molecule has 0 fully saturated rings. The lowest BCUT2D eigenvalue weighted by molar-refractivity contribution is 1.08. The maximum absolute atomic E-state index is 9.42. The summed E-state index contributed by atoms with van der Waals surface area (Å²) in [5.74, 6) is 0.844. The van der Waals surface area contributed by atoms with Crippen LogP contribution in [0.15, 0.2) is 139 Å². The zero-order chi connectivity index (χ0) is 34.3. The van der Waals surface area contributed by atoms with Gasteiger partial charge in [0.25, 0.3) is 0 Å². The van der Waals surface area contributed by atoms with Gasteiger partial charge in [0, 0.05) is 57.0 Å². The van der Waals surface area contributed by atoms with Gasteiger partial charge in [-0.25, -0.2) is 15.0 Å². The molecular weight excluding hydrogens is 575 g/mol. The van der Waals surface area contributed by atoms with Crippen LogP contribution in [0.1, 0.15) is 8.22 Å². The van der Waals surface area contributed by atoms with Crippen LogP contribution in [-0.2, 0) is 0 Å². The smallest absolute Gasteiger partial charge is 0.164 e. The summed E-state index contributed by atoms with van der Waals surface area (Å²) >= 11 is 2.78. The average molecular weight is 604 g/mol. The molecule has 0 aliphatic rings. The minimum absolute atomic E-state index is 0.00365. The largest absolute Gasteiger partial charge is 0.208 e. The van der Waals surface area contributed by atoms with E-state index < -0.39 is 0 Å². The van der Waals surface area contributed by atoms with Crippen LogP contribution in [0.2, 0.25) is 0 Å². The van der Waals surface area contributed by atoms with E-state index in [1.165, 1.54) is 10.1 Å². The minimum Gasteiger partial charge on any atom is -0.208 e. The zero-order valence-electron chi connectivity index (χ0n) is 29.0. The Bertz CT molecular complexity index is 2840. The normalized spacial score (nSPS) is 13.5. The molecule has 0 saturated heterocycles. The summed E-state index contributed by atoms with van der Waals surface area (Å²) in [4.78, 5) is 14.5. The lowest BCUT2D eigenvalue weighted by Gasteiger charge is -2.09. The standard InChI is InChI=1S/C39H23N3S2/c1-3-9-24(10-4-1)26-17-20-34-32(21-26)31-19-16-28(23-36(31)44-34)39-41-37(25-11-5-2-6-12-25)40-38(42-39)27-15-18-30-29-13-7-8-14-33(29)43-35(30)22-27/h1-23H/i16D,17D,19D,20D,21D,23D. The van der Waals surface area contributed by atoms with Gasteiger partial charge < -0.3 is 0 Å². The van der Waals surface area contributed by atoms with E-state index in [0.717, 1.165) is 32.5 Å². The summed E-state index contributed by atoms with van der Waals surface area (Å²) in [7, 11) is 0. The number of fused-ring (bicyclic) bond motifs is 6. The highest BCUT2D eigenvalue weighted by Gasteiger charge is 2.15. The van der Waals surface area contributed by atoms with E-state index in [-0.39, 0.29) is 58.6 Å². The fraction of sp³-hybridized carbons (Fsp3) is 0. The lowest BCUT2D eigenvalue weighted by Crippen LogP contribution is -2.00. The first kappa shape index (κ1) is 19.9. The quantitative estimate of drug-likeness (QED) is 0.201. The predicted octanol–water partition coefficient (Wildman–Crippen LogP) is 11.3. The molecule has 206 valence electrons. The van der Waals surface area contributed by atoms with Gasteiger partial charge in [-0.1, -0.05) is 109 Å². The Kier molecular flexibility index (Phi) is 4.60. The lowest BCUT2D eigenvalue weighted by atomic mass is 10.0. The van der Waals surface area contributed by atoms with Crippen molar-refractivity contribution in [3.63, 3.8) is 0 Å². The summed E-state index contributed by atoms with van der Waals surface area (Å²) in [5.41, 5.74) is 2.48. The predicted molar refractivity (Wildman–Crippen MR) is 187 cm³/mol. The van der Waals surface area contributed by atoms with Crippen molar-refractivity contribution in [3.05, 3.63) is 139 Å². The van der Waals surface area contributed by atoms with Crippen molar-refractivity contribution in [1.82, 2.24) is 15.0 Å². The van der Waals surface area contributed by atoms with E-state index in [1.54, 1.807) is 23.5 Å². The van der Waals surface area contributed by atoms with Crippen LogP contribution in [0.3, 0.4) is 0 Å². The number of benzene rings is 6. The summed E-state index contributed by atoms with van der Waals surface area (Å²) in [6.07, 6.45) is 0. The Morgan fingerprint density at radius 2 is 1.02 bits per heavy atom. The van der Waals surface area contributed by atoms with Gasteiger partial charge in [0.2, 0.25) is 0 Å². The van der Waals surface area contributed by atoms with E-state index in [0.29, 0.717) is 32.0 Å². The maximum Gasteiger partial charge on any atom is 0.164 e. The van der Waals surface area contributed by atoms with E-state index in [9.17, 15) is 5.48 Å². The second-order valence-electron chi connectivity index (χ2n) is 10.4. The second-order valence-corrected chi connectivity index (χ2v) is 12.5. The fourth-order valence-electron chi connectivity index (χ4n) is 5.45. The molecule has 3 nitrogen and oxygen atoms in total. The first-order chi connectivity index (χ1) is 24.3. The Hall–Kier alpha value is -5.23. The number of thiophene rings is 2. The van der Waals surface area contributed by atoms with Gasteiger partial charge in [0.1, 0.15) is 0 Å². The summed E-state index contributed by atoms with van der Waals surface area (Å²) in [6, 6.07) is 32.2. The molecule has 44 heavy (non-hydrogen) atoms. The molecule has 0 bridgehead atoms. The molecule has 0 radical (unpaired) electrons. The van der Waals surface area contributed by atoms with Crippen molar-refractivity contribution < 1.29 is 8.22 Å². The molecule has 3 aromatic heterocycles. The summed E-state index contributed by atoms with van der Waals surface area (Å²) in [6.45, 7) is 0. The number of hydrogen-bond acceptors (Lipinski definition) is 5. The molecular formula is C39H23N3S2. The molecule has 0 amide bonds. The Balaban J connectivity index is 1.30. The molecule has 5 heteroatoms. The third kappa shape index (κ3) is 4.29. The summed E-state index contributed by atoms with van der Waals surface area (Å²) < 4.78 is 57.7. The van der Waals surface area contributed by atoms with Crippen LogP contribution in [0, 0.1) is 0 Å². The molecule has 0 unspecified atom stereocenters. The van der Waals surface area contributed by atoms with Crippen molar-refractivity contribution in [3.8, 4) is 45.3 Å². The van der Waals surface area contributed by atoms with Crippen LogP contribution in [-0.4, -0.2) is 15.0 Å². The molecule has 0 spiro atoms. The third-order valence-electron chi connectivity index (χ3n) is 7.60. The van der Waals surface area contributed by atoms with Crippen LogP contribution in [0.4, 0.5) is 0 Å². The molecule has 0 saturated carbocycles. The molecule has 9 rings (SSSR count). The van der Waals surface area contributed by atoms with Gasteiger partial charge in [0.15, 0.2) is 17.5 Å². The van der Waals surface area contributed by atoms with Crippen molar-refractivity contribution in [2.24, 2.45) is 0 Å². The van der Waals surface area contributed by atoms with Gasteiger partial charge in [0.05, 0.1) is 8.22 Å². The highest BCUT2D eigenvalue weighted by Crippen LogP contribution is 2.39. The van der Waals surface area contributed by atoms with Crippen LogP contribution in [0.5, 0.6) is 0 Å². The number of nitrogens with zero attached hydrogens (tertiary/aromatic N) is 3. The van der Waals surface area contributed by atoms with E-state index in [1.807, 2.05) is 66.7 Å². The Morgan fingerprint density at radius 1 is 0.386 bits per heavy atom. The number of rotatable bonds is 4. The Morgan fingerprint density at radius 3 is 1.84 bits per heavy atom. The van der Waals surface area contributed by atoms with Crippen molar-refractivity contribution in [2.75, 3.05) is 0 Å².